The minimum Gasteiger partial charge on any atom is -0.356 e. The molecule has 0 saturated heterocycles. The van der Waals surface area contributed by atoms with Gasteiger partial charge < -0.3 is 14.7 Å². The van der Waals surface area contributed by atoms with Crippen molar-refractivity contribution in [2.24, 2.45) is 0 Å². The number of hydrogen-bond acceptors (Lipinski definition) is 4. The van der Waals surface area contributed by atoms with Gasteiger partial charge in [0.05, 0.1) is 12.1 Å². The van der Waals surface area contributed by atoms with Gasteiger partial charge in [-0.1, -0.05) is 60.7 Å². The molecule has 5 heteroatoms. The third-order valence-electron chi connectivity index (χ3n) is 5.49. The highest BCUT2D eigenvalue weighted by Crippen LogP contribution is 2.37. The van der Waals surface area contributed by atoms with E-state index in [2.05, 4.69) is 66.0 Å². The van der Waals surface area contributed by atoms with Gasteiger partial charge in [0.25, 0.3) is 0 Å². The van der Waals surface area contributed by atoms with E-state index < -0.39 is 12.0 Å². The van der Waals surface area contributed by atoms with Gasteiger partial charge in [-0.3, -0.25) is 10.1 Å². The number of aliphatic hydroxyl groups excluding tert-OH is 1. The molecule has 31 heavy (non-hydrogen) atoms. The summed E-state index contributed by atoms with van der Waals surface area (Å²) in [4.78, 5) is 14.1. The fourth-order valence-corrected chi connectivity index (χ4v) is 3.96. The molecule has 5 nitrogen and oxygen atoms in total. The first kappa shape index (κ1) is 23.2. The van der Waals surface area contributed by atoms with E-state index in [1.54, 1.807) is 11.9 Å². The molecule has 0 heterocycles. The maximum Gasteiger partial charge on any atom is 0.236 e. The molecule has 0 aliphatic heterocycles. The SMILES string of the molecule is CN(CCCC1c2ccccc2C=Cc2ccccc21)C(=O)CNC(O)OC(C)(C)C. The second-order valence-electron chi connectivity index (χ2n) is 9.06. The van der Waals surface area contributed by atoms with Crippen molar-refractivity contribution in [1.82, 2.24) is 10.2 Å². The van der Waals surface area contributed by atoms with Gasteiger partial charge in [-0.25, -0.2) is 0 Å². The highest BCUT2D eigenvalue weighted by atomic mass is 16.6. The number of benzene rings is 2. The van der Waals surface area contributed by atoms with Crippen molar-refractivity contribution >= 4 is 18.1 Å². The molecule has 1 unspecified atom stereocenters. The highest BCUT2D eigenvalue weighted by Gasteiger charge is 2.22. The standard InChI is InChI=1S/C26H34N2O3/c1-26(2,3)31-25(30)27-18-24(29)28(4)17-9-14-23-21-12-7-5-10-19(21)15-16-20-11-6-8-13-22(20)23/h5-8,10-13,15-16,23,25,27,30H,9,14,17-18H2,1-4H3. The Kier molecular flexibility index (Phi) is 7.65. The predicted molar refractivity (Wildman–Crippen MR) is 125 cm³/mol. The Morgan fingerprint density at radius 2 is 1.61 bits per heavy atom. The van der Waals surface area contributed by atoms with Crippen molar-refractivity contribution in [3.05, 3.63) is 70.8 Å². The number of likely N-dealkylation sites (N-methyl/N-ethyl adjacent to an activating group) is 1. The van der Waals surface area contributed by atoms with Gasteiger partial charge in [-0.05, 0) is 55.9 Å². The van der Waals surface area contributed by atoms with Crippen LogP contribution in [0.4, 0.5) is 0 Å². The summed E-state index contributed by atoms with van der Waals surface area (Å²) in [7, 11) is 1.80. The van der Waals surface area contributed by atoms with Crippen LogP contribution in [0.3, 0.4) is 0 Å². The van der Waals surface area contributed by atoms with Crippen LogP contribution in [0, 0.1) is 0 Å². The Morgan fingerprint density at radius 3 is 2.16 bits per heavy atom. The van der Waals surface area contributed by atoms with Gasteiger partial charge in [0.2, 0.25) is 12.3 Å². The smallest absolute Gasteiger partial charge is 0.236 e. The minimum absolute atomic E-state index is 0.0345. The molecule has 3 rings (SSSR count). The number of fused-ring (bicyclic) bond motifs is 2. The van der Waals surface area contributed by atoms with Crippen LogP contribution in [-0.2, 0) is 9.53 Å². The number of carbonyl (C=O) groups excluding carboxylic acids is 1. The lowest BCUT2D eigenvalue weighted by molar-refractivity contribution is -0.182. The van der Waals surface area contributed by atoms with Crippen LogP contribution in [0.1, 0.15) is 61.8 Å². The molecule has 0 aromatic heterocycles. The molecule has 1 aliphatic rings. The van der Waals surface area contributed by atoms with Crippen LogP contribution in [-0.4, -0.2) is 48.1 Å². The summed E-state index contributed by atoms with van der Waals surface area (Å²) in [6.45, 7) is 6.25. The van der Waals surface area contributed by atoms with E-state index in [0.29, 0.717) is 12.5 Å². The second-order valence-corrected chi connectivity index (χ2v) is 9.06. The van der Waals surface area contributed by atoms with Crippen LogP contribution >= 0.6 is 0 Å². The van der Waals surface area contributed by atoms with Gasteiger partial charge in [-0.2, -0.15) is 0 Å². The zero-order chi connectivity index (χ0) is 22.4. The molecule has 0 radical (unpaired) electrons. The molecule has 2 aromatic carbocycles. The summed E-state index contributed by atoms with van der Waals surface area (Å²) in [6.07, 6.45) is 5.07. The maximum absolute atomic E-state index is 12.4. The highest BCUT2D eigenvalue weighted by molar-refractivity contribution is 5.78. The molecule has 1 atom stereocenters. The number of nitrogens with one attached hydrogen (secondary N) is 1. The minimum atomic E-state index is -1.16. The number of ether oxygens (including phenoxy) is 1. The van der Waals surface area contributed by atoms with Gasteiger partial charge in [0.15, 0.2) is 0 Å². The molecule has 1 aliphatic carbocycles. The fraction of sp³-hybridized carbons (Fsp3) is 0.423. The van der Waals surface area contributed by atoms with E-state index in [1.807, 2.05) is 20.8 Å². The first-order valence-corrected chi connectivity index (χ1v) is 10.9. The number of amides is 1. The Labute approximate surface area is 185 Å². The predicted octanol–water partition coefficient (Wildman–Crippen LogP) is 4.22. The zero-order valence-electron chi connectivity index (χ0n) is 19.0. The van der Waals surface area contributed by atoms with E-state index in [4.69, 9.17) is 4.74 Å². The second kappa shape index (κ2) is 10.2. The number of aliphatic hydroxyl groups is 1. The van der Waals surface area contributed by atoms with Crippen LogP contribution in [0.2, 0.25) is 0 Å². The molecule has 0 bridgehead atoms. The van der Waals surface area contributed by atoms with E-state index >= 15 is 0 Å². The number of nitrogens with zero attached hydrogens (tertiary/aromatic N) is 1. The monoisotopic (exact) mass is 422 g/mol. The van der Waals surface area contributed by atoms with Crippen LogP contribution in [0.5, 0.6) is 0 Å². The summed E-state index contributed by atoms with van der Waals surface area (Å²) in [6, 6.07) is 17.1. The van der Waals surface area contributed by atoms with Crippen molar-refractivity contribution in [3.8, 4) is 0 Å². The maximum atomic E-state index is 12.4. The molecule has 0 saturated carbocycles. The molecule has 0 spiro atoms. The number of hydrogen-bond donors (Lipinski definition) is 2. The van der Waals surface area contributed by atoms with Crippen molar-refractivity contribution < 1.29 is 14.6 Å². The van der Waals surface area contributed by atoms with Gasteiger partial charge in [0.1, 0.15) is 0 Å². The molecule has 0 fully saturated rings. The lowest BCUT2D eigenvalue weighted by atomic mass is 9.84. The lowest BCUT2D eigenvalue weighted by Crippen LogP contribution is -2.44. The Morgan fingerprint density at radius 1 is 1.06 bits per heavy atom. The van der Waals surface area contributed by atoms with Crippen molar-refractivity contribution in [2.75, 3.05) is 20.1 Å². The molecular formula is C26H34N2O3. The largest absolute Gasteiger partial charge is 0.356 e. The van der Waals surface area contributed by atoms with E-state index in [-0.39, 0.29) is 12.5 Å². The summed E-state index contributed by atoms with van der Waals surface area (Å²) in [5, 5.41) is 12.6. The number of rotatable bonds is 8. The van der Waals surface area contributed by atoms with Crippen LogP contribution in [0.15, 0.2) is 48.5 Å². The number of carbonyl (C=O) groups is 1. The average molecular weight is 423 g/mol. The average Bonchev–Trinajstić information content (AvgIpc) is 2.88. The Hall–Kier alpha value is -2.47. The molecule has 166 valence electrons. The normalized spacial score (nSPS) is 14.5. The Balaban J connectivity index is 1.58. The van der Waals surface area contributed by atoms with Crippen molar-refractivity contribution in [2.45, 2.75) is 51.5 Å². The fourth-order valence-electron chi connectivity index (χ4n) is 3.96. The third-order valence-corrected chi connectivity index (χ3v) is 5.49. The zero-order valence-corrected chi connectivity index (χ0v) is 19.0. The van der Waals surface area contributed by atoms with Gasteiger partial charge in [-0.15, -0.1) is 0 Å². The lowest BCUT2D eigenvalue weighted by Gasteiger charge is -2.25. The van der Waals surface area contributed by atoms with Crippen LogP contribution < -0.4 is 5.32 Å². The third kappa shape index (κ3) is 6.50. The van der Waals surface area contributed by atoms with E-state index in [0.717, 1.165) is 12.8 Å². The summed E-state index contributed by atoms with van der Waals surface area (Å²) >= 11 is 0. The first-order valence-electron chi connectivity index (χ1n) is 10.9. The molecule has 1 amide bonds. The Bertz CT molecular complexity index is 867. The van der Waals surface area contributed by atoms with Gasteiger partial charge in [0, 0.05) is 19.5 Å². The van der Waals surface area contributed by atoms with Crippen molar-refractivity contribution in [1.29, 1.82) is 0 Å². The molecule has 2 aromatic rings. The van der Waals surface area contributed by atoms with Crippen LogP contribution in [0.25, 0.3) is 12.2 Å². The summed E-state index contributed by atoms with van der Waals surface area (Å²) in [5.41, 5.74) is 4.69. The molecule has 2 N–H and O–H groups in total. The quantitative estimate of drug-likeness (QED) is 0.625. The van der Waals surface area contributed by atoms with E-state index in [1.165, 1.54) is 22.3 Å². The van der Waals surface area contributed by atoms with Gasteiger partial charge >= 0.3 is 0 Å². The molecular weight excluding hydrogens is 388 g/mol. The summed E-state index contributed by atoms with van der Waals surface area (Å²) in [5.74, 6) is 0.228. The van der Waals surface area contributed by atoms with Crippen molar-refractivity contribution in [3.63, 3.8) is 0 Å². The van der Waals surface area contributed by atoms with E-state index in [9.17, 15) is 9.90 Å². The summed E-state index contributed by atoms with van der Waals surface area (Å²) < 4.78 is 5.37. The first-order chi connectivity index (χ1) is 14.7. The topological polar surface area (TPSA) is 61.8 Å².